The van der Waals surface area contributed by atoms with Gasteiger partial charge in [0, 0.05) is 16.5 Å². The van der Waals surface area contributed by atoms with Gasteiger partial charge >= 0.3 is 0 Å². The molecule has 0 unspecified atom stereocenters. The highest BCUT2D eigenvalue weighted by Gasteiger charge is 2.25. The van der Waals surface area contributed by atoms with Crippen molar-refractivity contribution < 1.29 is 14.3 Å². The van der Waals surface area contributed by atoms with Gasteiger partial charge in [-0.3, -0.25) is 9.59 Å². The molecule has 1 heterocycles. The van der Waals surface area contributed by atoms with Crippen molar-refractivity contribution in [2.75, 3.05) is 18.1 Å². The van der Waals surface area contributed by atoms with Gasteiger partial charge in [0.05, 0.1) is 5.69 Å². The van der Waals surface area contributed by atoms with E-state index in [2.05, 4.69) is 22.6 Å². The monoisotopic (exact) mass is 360 g/mol. The zero-order valence-corrected chi connectivity index (χ0v) is 11.8. The summed E-state index contributed by atoms with van der Waals surface area (Å²) >= 11 is 2.18. The van der Waals surface area contributed by atoms with Crippen molar-refractivity contribution in [3.8, 4) is 5.75 Å². The number of carbonyl (C=O) groups excluding carboxylic acids is 2. The number of rotatable bonds is 4. The third-order valence-electron chi connectivity index (χ3n) is 2.67. The summed E-state index contributed by atoms with van der Waals surface area (Å²) in [5.41, 5.74) is 5.86. The number of fused-ring (bicyclic) bond motifs is 1. The Morgan fingerprint density at radius 3 is 3.00 bits per heavy atom. The number of hydrogen-bond donors (Lipinski definition) is 1. The normalized spacial score (nSPS) is 14.1. The highest BCUT2D eigenvalue weighted by atomic mass is 127. The molecule has 6 heteroatoms. The van der Waals surface area contributed by atoms with Gasteiger partial charge in [0.1, 0.15) is 5.75 Å². The van der Waals surface area contributed by atoms with Crippen LogP contribution in [0.25, 0.3) is 0 Å². The summed E-state index contributed by atoms with van der Waals surface area (Å²) in [5.74, 6) is 0.265. The minimum Gasteiger partial charge on any atom is -0.482 e. The lowest BCUT2D eigenvalue weighted by Gasteiger charge is -2.29. The van der Waals surface area contributed by atoms with Crippen molar-refractivity contribution in [3.05, 3.63) is 21.8 Å². The molecular formula is C12H13IN2O3. The molecule has 96 valence electrons. The van der Waals surface area contributed by atoms with Crippen LogP contribution < -0.4 is 15.4 Å². The summed E-state index contributed by atoms with van der Waals surface area (Å²) in [5, 5.41) is 0. The number of hydrogen-bond acceptors (Lipinski definition) is 3. The summed E-state index contributed by atoms with van der Waals surface area (Å²) in [6.45, 7) is 0.530. The topological polar surface area (TPSA) is 72.6 Å². The van der Waals surface area contributed by atoms with Crippen LogP contribution in [-0.4, -0.2) is 25.0 Å². The first-order chi connectivity index (χ1) is 8.58. The van der Waals surface area contributed by atoms with Gasteiger partial charge in [-0.1, -0.05) is 0 Å². The van der Waals surface area contributed by atoms with Crippen LogP contribution in [0.5, 0.6) is 5.75 Å². The molecule has 0 saturated carbocycles. The van der Waals surface area contributed by atoms with Crippen LogP contribution in [-0.2, 0) is 9.59 Å². The van der Waals surface area contributed by atoms with Gasteiger partial charge in [0.2, 0.25) is 5.91 Å². The first kappa shape index (κ1) is 13.1. The first-order valence-corrected chi connectivity index (χ1v) is 6.67. The van der Waals surface area contributed by atoms with Gasteiger partial charge in [-0.2, -0.15) is 0 Å². The molecule has 0 bridgehead atoms. The molecule has 0 atom stereocenters. The molecule has 2 rings (SSSR count). The van der Waals surface area contributed by atoms with E-state index in [4.69, 9.17) is 10.5 Å². The zero-order valence-electron chi connectivity index (χ0n) is 9.69. The Morgan fingerprint density at radius 2 is 2.28 bits per heavy atom. The van der Waals surface area contributed by atoms with Crippen LogP contribution in [0.2, 0.25) is 0 Å². The second kappa shape index (κ2) is 5.55. The standard InChI is InChI=1S/C12H13IN2O3/c13-8-3-4-10-9(6-8)15(12(17)7-18-10)5-1-2-11(14)16/h3-4,6H,1-2,5,7H2,(H2,14,16). The van der Waals surface area contributed by atoms with Crippen molar-refractivity contribution in [1.82, 2.24) is 0 Å². The van der Waals surface area contributed by atoms with Gasteiger partial charge in [0.15, 0.2) is 6.61 Å². The van der Waals surface area contributed by atoms with Crippen LogP contribution in [0.4, 0.5) is 5.69 Å². The Morgan fingerprint density at radius 1 is 1.50 bits per heavy atom. The number of ether oxygens (including phenoxy) is 1. The number of nitrogens with zero attached hydrogens (tertiary/aromatic N) is 1. The first-order valence-electron chi connectivity index (χ1n) is 5.59. The van der Waals surface area contributed by atoms with E-state index in [1.165, 1.54) is 0 Å². The predicted octanol–water partition coefficient (Wildman–Crippen LogP) is 1.28. The molecule has 0 aromatic heterocycles. The molecule has 1 aliphatic rings. The van der Waals surface area contributed by atoms with Crippen molar-refractivity contribution in [2.45, 2.75) is 12.8 Å². The summed E-state index contributed by atoms with van der Waals surface area (Å²) < 4.78 is 6.39. The molecule has 0 aliphatic carbocycles. The Bertz CT molecular complexity index is 490. The van der Waals surface area contributed by atoms with E-state index in [1.54, 1.807) is 4.90 Å². The number of nitrogens with two attached hydrogens (primary N) is 1. The summed E-state index contributed by atoms with van der Waals surface area (Å²) in [6.07, 6.45) is 0.843. The predicted molar refractivity (Wildman–Crippen MR) is 75.4 cm³/mol. The molecule has 0 fully saturated rings. The Hall–Kier alpha value is -1.31. The number of benzene rings is 1. The highest BCUT2D eigenvalue weighted by Crippen LogP contribution is 2.33. The second-order valence-corrected chi connectivity index (χ2v) is 5.26. The van der Waals surface area contributed by atoms with Crippen molar-refractivity contribution in [1.29, 1.82) is 0 Å². The molecule has 18 heavy (non-hydrogen) atoms. The van der Waals surface area contributed by atoms with Crippen molar-refractivity contribution >= 4 is 40.1 Å². The minimum atomic E-state index is -0.349. The lowest BCUT2D eigenvalue weighted by atomic mass is 10.2. The van der Waals surface area contributed by atoms with E-state index in [1.807, 2.05) is 18.2 Å². The number of carbonyl (C=O) groups is 2. The van der Waals surface area contributed by atoms with Gasteiger partial charge < -0.3 is 15.4 Å². The largest absolute Gasteiger partial charge is 0.482 e. The molecule has 0 saturated heterocycles. The fourth-order valence-corrected chi connectivity index (χ4v) is 2.31. The van der Waals surface area contributed by atoms with E-state index in [0.717, 1.165) is 9.26 Å². The molecule has 2 amide bonds. The Balaban J connectivity index is 2.16. The molecular weight excluding hydrogens is 347 g/mol. The lowest BCUT2D eigenvalue weighted by molar-refractivity contribution is -0.122. The second-order valence-electron chi connectivity index (χ2n) is 4.02. The summed E-state index contributed by atoms with van der Waals surface area (Å²) in [6, 6.07) is 5.68. The smallest absolute Gasteiger partial charge is 0.265 e. The van der Waals surface area contributed by atoms with Gasteiger partial charge in [-0.05, 0) is 47.2 Å². The van der Waals surface area contributed by atoms with Crippen LogP contribution >= 0.6 is 22.6 Å². The molecule has 1 aromatic carbocycles. The summed E-state index contributed by atoms with van der Waals surface area (Å²) in [7, 11) is 0. The number of primary amides is 1. The van der Waals surface area contributed by atoms with Crippen LogP contribution in [0.1, 0.15) is 12.8 Å². The van der Waals surface area contributed by atoms with Crippen LogP contribution in [0, 0.1) is 3.57 Å². The number of anilines is 1. The van der Waals surface area contributed by atoms with Gasteiger partial charge in [0.25, 0.3) is 5.91 Å². The fraction of sp³-hybridized carbons (Fsp3) is 0.333. The van der Waals surface area contributed by atoms with Gasteiger partial charge in [-0.15, -0.1) is 0 Å². The quantitative estimate of drug-likeness (QED) is 0.823. The SMILES string of the molecule is NC(=O)CCCN1C(=O)COc2ccc(I)cc21. The fourth-order valence-electron chi connectivity index (χ4n) is 1.83. The molecule has 5 nitrogen and oxygen atoms in total. The third-order valence-corrected chi connectivity index (χ3v) is 3.34. The molecule has 1 aliphatic heterocycles. The van der Waals surface area contributed by atoms with Gasteiger partial charge in [-0.25, -0.2) is 0 Å². The Kier molecular flexibility index (Phi) is 4.05. The molecule has 0 radical (unpaired) electrons. The number of halogens is 1. The number of amides is 2. The van der Waals surface area contributed by atoms with E-state index in [-0.39, 0.29) is 24.8 Å². The van der Waals surface area contributed by atoms with E-state index in [0.29, 0.717) is 18.7 Å². The zero-order chi connectivity index (χ0) is 13.1. The molecule has 1 aromatic rings. The van der Waals surface area contributed by atoms with Crippen LogP contribution in [0.15, 0.2) is 18.2 Å². The van der Waals surface area contributed by atoms with E-state index < -0.39 is 0 Å². The van der Waals surface area contributed by atoms with Crippen molar-refractivity contribution in [2.24, 2.45) is 5.73 Å². The Labute approximate surface area is 118 Å². The van der Waals surface area contributed by atoms with Crippen molar-refractivity contribution in [3.63, 3.8) is 0 Å². The van der Waals surface area contributed by atoms with E-state index >= 15 is 0 Å². The average molecular weight is 360 g/mol. The molecule has 0 spiro atoms. The maximum absolute atomic E-state index is 11.8. The maximum Gasteiger partial charge on any atom is 0.265 e. The lowest BCUT2D eigenvalue weighted by Crippen LogP contribution is -2.39. The average Bonchev–Trinajstić information content (AvgIpc) is 2.31. The minimum absolute atomic E-state index is 0.0458. The molecule has 2 N–H and O–H groups in total. The van der Waals surface area contributed by atoms with E-state index in [9.17, 15) is 9.59 Å². The highest BCUT2D eigenvalue weighted by molar-refractivity contribution is 14.1. The summed E-state index contributed by atoms with van der Waals surface area (Å²) in [4.78, 5) is 24.2. The third kappa shape index (κ3) is 2.92. The maximum atomic E-state index is 11.8. The van der Waals surface area contributed by atoms with Crippen LogP contribution in [0.3, 0.4) is 0 Å².